The Morgan fingerprint density at radius 1 is 1.00 bits per heavy atom. The summed E-state index contributed by atoms with van der Waals surface area (Å²) >= 11 is 0. The lowest BCUT2D eigenvalue weighted by molar-refractivity contribution is -0.117. The van der Waals surface area contributed by atoms with Crippen molar-refractivity contribution in [3.63, 3.8) is 0 Å². The smallest absolute Gasteiger partial charge is 0.264 e. The van der Waals surface area contributed by atoms with Crippen molar-refractivity contribution in [2.45, 2.75) is 37.1 Å². The number of anilines is 3. The molecule has 0 aromatic heterocycles. The van der Waals surface area contributed by atoms with Crippen molar-refractivity contribution < 1.29 is 18.0 Å². The summed E-state index contributed by atoms with van der Waals surface area (Å²) < 4.78 is 28.5. The van der Waals surface area contributed by atoms with E-state index < -0.39 is 15.9 Å². The number of sulfonamides is 1. The molecule has 8 heteroatoms. The van der Waals surface area contributed by atoms with Crippen molar-refractivity contribution >= 4 is 38.9 Å². The fourth-order valence-corrected chi connectivity index (χ4v) is 6.43. The van der Waals surface area contributed by atoms with E-state index in [0.717, 1.165) is 17.7 Å². The molecule has 3 aromatic carbocycles. The number of carbonyl (C=O) groups excluding carboxylic acids is 2. The van der Waals surface area contributed by atoms with Gasteiger partial charge in [0.05, 0.1) is 10.6 Å². The maximum Gasteiger partial charge on any atom is 0.264 e. The van der Waals surface area contributed by atoms with Crippen molar-refractivity contribution in [3.05, 3.63) is 83.9 Å². The molecule has 5 rings (SSSR count). The van der Waals surface area contributed by atoms with E-state index in [-0.39, 0.29) is 22.4 Å². The highest BCUT2D eigenvalue weighted by molar-refractivity contribution is 7.92. The highest BCUT2D eigenvalue weighted by atomic mass is 32.2. The lowest BCUT2D eigenvalue weighted by atomic mass is 10.1. The number of nitrogens with one attached hydrogen (secondary N) is 1. The topological polar surface area (TPSA) is 86.8 Å². The Balaban J connectivity index is 1.39. The zero-order valence-corrected chi connectivity index (χ0v) is 19.6. The van der Waals surface area contributed by atoms with E-state index in [1.54, 1.807) is 35.2 Å². The summed E-state index contributed by atoms with van der Waals surface area (Å²) in [5.74, 6) is -0.351. The van der Waals surface area contributed by atoms with Crippen molar-refractivity contribution in [2.75, 3.05) is 21.1 Å². The fourth-order valence-electron chi connectivity index (χ4n) is 4.69. The maximum atomic E-state index is 13.5. The molecule has 0 spiro atoms. The van der Waals surface area contributed by atoms with E-state index in [1.807, 2.05) is 37.3 Å². The molecule has 174 valence electrons. The number of rotatable bonds is 5. The first-order chi connectivity index (χ1) is 16.3. The first-order valence-corrected chi connectivity index (χ1v) is 12.7. The number of hydrogen-bond donors (Lipinski definition) is 1. The first-order valence-electron chi connectivity index (χ1n) is 11.3. The fraction of sp³-hybridized carbons (Fsp3) is 0.231. The van der Waals surface area contributed by atoms with Gasteiger partial charge in [0, 0.05) is 35.9 Å². The molecule has 1 N–H and O–H groups in total. The van der Waals surface area contributed by atoms with Crippen LogP contribution in [0, 0.1) is 0 Å². The van der Waals surface area contributed by atoms with Crippen molar-refractivity contribution in [1.82, 2.24) is 0 Å². The molecule has 34 heavy (non-hydrogen) atoms. The Morgan fingerprint density at radius 2 is 1.79 bits per heavy atom. The molecule has 1 saturated heterocycles. The monoisotopic (exact) mass is 475 g/mol. The highest BCUT2D eigenvalue weighted by Crippen LogP contribution is 2.36. The molecule has 3 aromatic rings. The van der Waals surface area contributed by atoms with Gasteiger partial charge in [-0.15, -0.1) is 0 Å². The van der Waals surface area contributed by atoms with Crippen LogP contribution >= 0.6 is 0 Å². The number of carbonyl (C=O) groups is 2. The predicted octanol–water partition coefficient (Wildman–Crippen LogP) is 4.21. The minimum Gasteiger partial charge on any atom is -0.322 e. The second-order valence-electron chi connectivity index (χ2n) is 8.66. The standard InChI is InChI=1S/C26H25N3O4S/c1-18-15-19-7-2-3-12-24(19)29(18)34(32,33)23-11-4-8-20(16-23)26(31)27-21-9-5-10-22(17-21)28-14-6-13-25(28)30/h2-5,7-12,16-18H,6,13-15H2,1H3,(H,27,31)/t18-/m0/s1. The molecule has 0 bridgehead atoms. The number of benzene rings is 3. The van der Waals surface area contributed by atoms with Crippen LogP contribution in [0.5, 0.6) is 0 Å². The number of nitrogens with zero attached hydrogens (tertiary/aromatic N) is 2. The average molecular weight is 476 g/mol. The molecule has 0 radical (unpaired) electrons. The van der Waals surface area contributed by atoms with Gasteiger partial charge in [0.15, 0.2) is 0 Å². The van der Waals surface area contributed by atoms with Gasteiger partial charge in [-0.05, 0) is 67.8 Å². The van der Waals surface area contributed by atoms with Crippen LogP contribution in [0.2, 0.25) is 0 Å². The number of hydrogen-bond acceptors (Lipinski definition) is 4. The summed E-state index contributed by atoms with van der Waals surface area (Å²) in [7, 11) is -3.84. The summed E-state index contributed by atoms with van der Waals surface area (Å²) in [4.78, 5) is 26.8. The van der Waals surface area contributed by atoms with Crippen molar-refractivity contribution in [3.8, 4) is 0 Å². The first kappa shape index (κ1) is 22.2. The Kier molecular flexibility index (Phi) is 5.61. The predicted molar refractivity (Wildman–Crippen MR) is 132 cm³/mol. The van der Waals surface area contributed by atoms with Gasteiger partial charge in [-0.25, -0.2) is 8.42 Å². The van der Waals surface area contributed by atoms with Gasteiger partial charge in [0.25, 0.3) is 15.9 Å². The van der Waals surface area contributed by atoms with Crippen molar-refractivity contribution in [2.24, 2.45) is 0 Å². The van der Waals surface area contributed by atoms with Gasteiger partial charge >= 0.3 is 0 Å². The van der Waals surface area contributed by atoms with Gasteiger partial charge < -0.3 is 10.2 Å². The minimum absolute atomic E-state index is 0.0686. The Labute approximate surface area is 199 Å². The second-order valence-corrected chi connectivity index (χ2v) is 10.5. The number of fused-ring (bicyclic) bond motifs is 1. The summed E-state index contributed by atoms with van der Waals surface area (Å²) in [5.41, 5.74) is 3.18. The zero-order chi connectivity index (χ0) is 23.9. The molecule has 2 heterocycles. The molecule has 2 aliphatic rings. The van der Waals surface area contributed by atoms with Gasteiger partial charge in [-0.3, -0.25) is 13.9 Å². The van der Waals surface area contributed by atoms with E-state index in [2.05, 4.69) is 5.32 Å². The highest BCUT2D eigenvalue weighted by Gasteiger charge is 2.36. The molecule has 0 saturated carbocycles. The molecule has 2 aliphatic heterocycles. The molecule has 7 nitrogen and oxygen atoms in total. The van der Waals surface area contributed by atoms with E-state index >= 15 is 0 Å². The molecule has 0 unspecified atom stereocenters. The SMILES string of the molecule is C[C@H]1Cc2ccccc2N1S(=O)(=O)c1cccc(C(=O)Nc2cccc(N3CCCC3=O)c2)c1. The van der Waals surface area contributed by atoms with Crippen LogP contribution < -0.4 is 14.5 Å². The largest absolute Gasteiger partial charge is 0.322 e. The summed E-state index contributed by atoms with van der Waals surface area (Å²) in [6.07, 6.45) is 1.99. The molecule has 1 atom stereocenters. The van der Waals surface area contributed by atoms with Crippen LogP contribution in [-0.2, 0) is 21.2 Å². The summed E-state index contributed by atoms with van der Waals surface area (Å²) in [6.45, 7) is 2.54. The maximum absolute atomic E-state index is 13.5. The molecule has 2 amide bonds. The van der Waals surface area contributed by atoms with Gasteiger partial charge in [-0.2, -0.15) is 0 Å². The van der Waals surface area contributed by atoms with Crippen LogP contribution in [0.25, 0.3) is 0 Å². The van der Waals surface area contributed by atoms with Gasteiger partial charge in [0.2, 0.25) is 5.91 Å². The minimum atomic E-state index is -3.84. The van der Waals surface area contributed by atoms with Crippen molar-refractivity contribution in [1.29, 1.82) is 0 Å². The second kappa shape index (κ2) is 8.61. The Bertz CT molecular complexity index is 1390. The summed E-state index contributed by atoms with van der Waals surface area (Å²) in [6, 6.07) is 20.5. The lowest BCUT2D eigenvalue weighted by Crippen LogP contribution is -2.35. The van der Waals surface area contributed by atoms with Crippen LogP contribution in [0.3, 0.4) is 0 Å². The van der Waals surface area contributed by atoms with Crippen LogP contribution in [-0.4, -0.2) is 32.8 Å². The van der Waals surface area contributed by atoms with E-state index in [0.29, 0.717) is 30.8 Å². The Hall–Kier alpha value is -3.65. The number of amides is 2. The summed E-state index contributed by atoms with van der Waals surface area (Å²) in [5, 5.41) is 2.82. The third-order valence-electron chi connectivity index (χ3n) is 6.29. The van der Waals surface area contributed by atoms with E-state index in [1.165, 1.54) is 16.4 Å². The third-order valence-corrected chi connectivity index (χ3v) is 8.21. The Morgan fingerprint density at radius 3 is 2.59 bits per heavy atom. The van der Waals surface area contributed by atoms with Gasteiger partial charge in [0.1, 0.15) is 0 Å². The molecule has 1 fully saturated rings. The van der Waals surface area contributed by atoms with E-state index in [9.17, 15) is 18.0 Å². The zero-order valence-electron chi connectivity index (χ0n) is 18.8. The van der Waals surface area contributed by atoms with Crippen LogP contribution in [0.4, 0.5) is 17.1 Å². The molecule has 0 aliphatic carbocycles. The average Bonchev–Trinajstić information content (AvgIpc) is 3.41. The van der Waals surface area contributed by atoms with Crippen LogP contribution in [0.15, 0.2) is 77.7 Å². The number of para-hydroxylation sites is 1. The lowest BCUT2D eigenvalue weighted by Gasteiger charge is -2.24. The van der Waals surface area contributed by atoms with E-state index in [4.69, 9.17) is 0 Å². The normalized spacial score (nSPS) is 17.7. The molecular weight excluding hydrogens is 450 g/mol. The van der Waals surface area contributed by atoms with Gasteiger partial charge in [-0.1, -0.05) is 30.3 Å². The third kappa shape index (κ3) is 3.94. The van der Waals surface area contributed by atoms with Crippen LogP contribution in [0.1, 0.15) is 35.7 Å². The quantitative estimate of drug-likeness (QED) is 0.599. The molecular formula is C26H25N3O4S.